The third kappa shape index (κ3) is 4.06. The number of para-hydroxylation sites is 1. The van der Waals surface area contributed by atoms with E-state index in [1.54, 1.807) is 16.6 Å². The summed E-state index contributed by atoms with van der Waals surface area (Å²) in [5.74, 6) is 0.00731. The lowest BCUT2D eigenvalue weighted by Crippen LogP contribution is -2.11. The summed E-state index contributed by atoms with van der Waals surface area (Å²) in [5.41, 5.74) is 9.92. The number of aromatic nitrogens is 3. The van der Waals surface area contributed by atoms with Crippen molar-refractivity contribution >= 4 is 23.2 Å². The minimum absolute atomic E-state index is 0.422. The Labute approximate surface area is 167 Å². The third-order valence-corrected chi connectivity index (χ3v) is 4.60. The Morgan fingerprint density at radius 1 is 1.07 bits per heavy atom. The predicted molar refractivity (Wildman–Crippen MR) is 110 cm³/mol. The number of aryl methyl sites for hydroxylation is 2. The fourth-order valence-corrected chi connectivity index (χ4v) is 3.11. The lowest BCUT2D eigenvalue weighted by atomic mass is 10.0. The molecule has 0 spiro atoms. The summed E-state index contributed by atoms with van der Waals surface area (Å²) in [5, 5.41) is 16.8. The van der Waals surface area contributed by atoms with Crippen molar-refractivity contribution in [3.05, 3.63) is 89.1 Å². The zero-order valence-corrected chi connectivity index (χ0v) is 15.5. The summed E-state index contributed by atoms with van der Waals surface area (Å²) in [6, 6.07) is 20.6. The molecule has 0 saturated carbocycles. The van der Waals surface area contributed by atoms with Crippen LogP contribution in [0.3, 0.4) is 0 Å². The summed E-state index contributed by atoms with van der Waals surface area (Å²) >= 11 is 0. The maximum atomic E-state index is 11.3. The van der Waals surface area contributed by atoms with Crippen LogP contribution in [-0.4, -0.2) is 20.5 Å². The van der Waals surface area contributed by atoms with Gasteiger partial charge in [0, 0.05) is 11.8 Å². The topological polar surface area (TPSA) is 109 Å². The number of nitrogens with zero attached hydrogens (tertiary/aromatic N) is 4. The van der Waals surface area contributed by atoms with E-state index in [1.807, 2.05) is 54.7 Å². The number of rotatable bonds is 6. The Kier molecular flexibility index (Phi) is 4.91. The lowest BCUT2D eigenvalue weighted by molar-refractivity contribution is 0.1000. The molecule has 0 unspecified atom stereocenters. The molecule has 29 heavy (non-hydrogen) atoms. The summed E-state index contributed by atoms with van der Waals surface area (Å²) in [6.07, 6.45) is 3.50. The van der Waals surface area contributed by atoms with Gasteiger partial charge >= 0.3 is 0 Å². The van der Waals surface area contributed by atoms with E-state index in [0.29, 0.717) is 28.4 Å². The highest BCUT2D eigenvalue weighted by Gasteiger charge is 2.08. The quantitative estimate of drug-likeness (QED) is 0.532. The molecule has 4 aromatic rings. The molecule has 0 radical (unpaired) electrons. The molecule has 0 bridgehead atoms. The van der Waals surface area contributed by atoms with Crippen molar-refractivity contribution in [1.29, 1.82) is 5.26 Å². The molecular formula is C22H18N6O. The standard InChI is InChI=1S/C22H18N6O/c23-13-18-5-1-2-7-19(18)25-22-26-20-11-10-16(14-28(20)27-22)9-8-15-4-3-6-17(12-15)21(24)29/h1-7,10-12,14H,8-9H2,(H2,24,29)(H,25,27). The van der Waals surface area contributed by atoms with Crippen molar-refractivity contribution in [3.63, 3.8) is 0 Å². The number of anilines is 2. The van der Waals surface area contributed by atoms with Crippen molar-refractivity contribution in [2.24, 2.45) is 5.73 Å². The van der Waals surface area contributed by atoms with Gasteiger partial charge in [0.2, 0.25) is 11.9 Å². The molecule has 2 heterocycles. The molecule has 0 aliphatic rings. The van der Waals surface area contributed by atoms with E-state index in [0.717, 1.165) is 24.0 Å². The van der Waals surface area contributed by atoms with Crippen LogP contribution in [0.25, 0.3) is 5.65 Å². The number of nitrogens with one attached hydrogen (secondary N) is 1. The molecule has 142 valence electrons. The molecule has 7 nitrogen and oxygen atoms in total. The van der Waals surface area contributed by atoms with Gasteiger partial charge in [0.15, 0.2) is 5.65 Å². The van der Waals surface area contributed by atoms with Gasteiger partial charge in [-0.2, -0.15) is 10.2 Å². The van der Waals surface area contributed by atoms with E-state index in [-0.39, 0.29) is 0 Å². The van der Waals surface area contributed by atoms with E-state index in [9.17, 15) is 10.1 Å². The van der Waals surface area contributed by atoms with Gasteiger partial charge in [-0.05, 0) is 54.3 Å². The first-order chi connectivity index (χ1) is 14.1. The minimum Gasteiger partial charge on any atom is -0.366 e. The summed E-state index contributed by atoms with van der Waals surface area (Å²) in [4.78, 5) is 15.8. The second-order valence-corrected chi connectivity index (χ2v) is 6.62. The second kappa shape index (κ2) is 7.82. The number of hydrogen-bond donors (Lipinski definition) is 2. The first-order valence-electron chi connectivity index (χ1n) is 9.12. The number of carbonyl (C=O) groups excluding carboxylic acids is 1. The third-order valence-electron chi connectivity index (χ3n) is 4.60. The second-order valence-electron chi connectivity index (χ2n) is 6.62. The van der Waals surface area contributed by atoms with Crippen LogP contribution < -0.4 is 11.1 Å². The molecule has 0 fully saturated rings. The average Bonchev–Trinajstić information content (AvgIpc) is 3.14. The molecule has 0 aliphatic heterocycles. The number of nitriles is 1. The number of amides is 1. The lowest BCUT2D eigenvalue weighted by Gasteiger charge is -2.04. The zero-order valence-electron chi connectivity index (χ0n) is 15.5. The van der Waals surface area contributed by atoms with Crippen LogP contribution in [0.2, 0.25) is 0 Å². The molecule has 0 aliphatic carbocycles. The van der Waals surface area contributed by atoms with Crippen LogP contribution in [-0.2, 0) is 12.8 Å². The van der Waals surface area contributed by atoms with E-state index in [4.69, 9.17) is 5.73 Å². The van der Waals surface area contributed by atoms with Gasteiger partial charge in [-0.1, -0.05) is 30.3 Å². The fourth-order valence-electron chi connectivity index (χ4n) is 3.11. The smallest absolute Gasteiger partial charge is 0.248 e. The Balaban J connectivity index is 1.50. The first kappa shape index (κ1) is 18.2. The highest BCUT2D eigenvalue weighted by molar-refractivity contribution is 5.92. The van der Waals surface area contributed by atoms with Gasteiger partial charge in [-0.15, -0.1) is 5.10 Å². The molecular weight excluding hydrogens is 364 g/mol. The molecule has 0 atom stereocenters. The highest BCUT2D eigenvalue weighted by atomic mass is 16.1. The van der Waals surface area contributed by atoms with E-state index >= 15 is 0 Å². The van der Waals surface area contributed by atoms with Crippen LogP contribution in [0.15, 0.2) is 66.9 Å². The van der Waals surface area contributed by atoms with Gasteiger partial charge in [0.05, 0.1) is 11.3 Å². The molecule has 3 N–H and O–H groups in total. The first-order valence-corrected chi connectivity index (χ1v) is 9.12. The van der Waals surface area contributed by atoms with E-state index in [1.165, 1.54) is 0 Å². The Hall–Kier alpha value is -4.18. The number of benzene rings is 2. The van der Waals surface area contributed by atoms with Crippen molar-refractivity contribution in [3.8, 4) is 6.07 Å². The van der Waals surface area contributed by atoms with E-state index in [2.05, 4.69) is 21.5 Å². The van der Waals surface area contributed by atoms with Crippen molar-refractivity contribution < 1.29 is 4.79 Å². The largest absolute Gasteiger partial charge is 0.366 e. The van der Waals surface area contributed by atoms with Gasteiger partial charge in [-0.25, -0.2) is 4.52 Å². The predicted octanol–water partition coefficient (Wildman–Crippen LogP) is 3.23. The summed E-state index contributed by atoms with van der Waals surface area (Å²) in [6.45, 7) is 0. The van der Waals surface area contributed by atoms with Gasteiger partial charge < -0.3 is 11.1 Å². The van der Waals surface area contributed by atoms with Crippen molar-refractivity contribution in [2.45, 2.75) is 12.8 Å². The van der Waals surface area contributed by atoms with Gasteiger partial charge in [0.1, 0.15) is 6.07 Å². The highest BCUT2D eigenvalue weighted by Crippen LogP contribution is 2.19. The summed E-state index contributed by atoms with van der Waals surface area (Å²) < 4.78 is 1.71. The number of fused-ring (bicyclic) bond motifs is 1. The van der Waals surface area contributed by atoms with Gasteiger partial charge in [0.25, 0.3) is 0 Å². The molecule has 2 aromatic carbocycles. The number of nitrogens with two attached hydrogens (primary N) is 1. The fraction of sp³-hybridized carbons (Fsp3) is 0.0909. The molecule has 1 amide bonds. The normalized spacial score (nSPS) is 10.6. The molecule has 4 rings (SSSR count). The van der Waals surface area contributed by atoms with E-state index < -0.39 is 5.91 Å². The maximum Gasteiger partial charge on any atom is 0.248 e. The van der Waals surface area contributed by atoms with Crippen LogP contribution in [0.5, 0.6) is 0 Å². The number of carbonyl (C=O) groups is 1. The Morgan fingerprint density at radius 2 is 1.90 bits per heavy atom. The van der Waals surface area contributed by atoms with Crippen molar-refractivity contribution in [2.75, 3.05) is 5.32 Å². The molecule has 7 heteroatoms. The number of pyridine rings is 1. The van der Waals surface area contributed by atoms with Crippen LogP contribution in [0, 0.1) is 11.3 Å². The summed E-state index contributed by atoms with van der Waals surface area (Å²) in [7, 11) is 0. The minimum atomic E-state index is -0.422. The monoisotopic (exact) mass is 382 g/mol. The maximum absolute atomic E-state index is 11.3. The molecule has 2 aromatic heterocycles. The SMILES string of the molecule is N#Cc1ccccc1Nc1nc2ccc(CCc3cccc(C(N)=O)c3)cn2n1. The van der Waals surface area contributed by atoms with Crippen LogP contribution in [0.4, 0.5) is 11.6 Å². The number of hydrogen-bond acceptors (Lipinski definition) is 5. The molecule has 0 saturated heterocycles. The number of primary amides is 1. The Bertz CT molecular complexity index is 1240. The Morgan fingerprint density at radius 3 is 2.72 bits per heavy atom. The average molecular weight is 382 g/mol. The van der Waals surface area contributed by atoms with Crippen LogP contribution in [0.1, 0.15) is 27.0 Å². The zero-order chi connectivity index (χ0) is 20.2. The van der Waals surface area contributed by atoms with Crippen molar-refractivity contribution in [1.82, 2.24) is 14.6 Å². The van der Waals surface area contributed by atoms with Crippen LogP contribution >= 0.6 is 0 Å². The van der Waals surface area contributed by atoms with Gasteiger partial charge in [-0.3, -0.25) is 4.79 Å².